The minimum Gasteiger partial charge on any atom is -0.326 e. The quantitative estimate of drug-likeness (QED) is 0.389. The largest absolute Gasteiger partial charge is 0.326 e. The van der Waals surface area contributed by atoms with E-state index in [9.17, 15) is 14.4 Å². The maximum atomic E-state index is 13.1. The molecule has 0 unspecified atom stereocenters. The van der Waals surface area contributed by atoms with Crippen LogP contribution in [0, 0.1) is 0 Å². The molecule has 1 aliphatic heterocycles. The number of anilines is 2. The Bertz CT molecular complexity index is 1290. The van der Waals surface area contributed by atoms with Gasteiger partial charge in [0.05, 0.1) is 16.8 Å². The van der Waals surface area contributed by atoms with E-state index >= 15 is 0 Å². The van der Waals surface area contributed by atoms with Gasteiger partial charge in [-0.3, -0.25) is 14.4 Å². The lowest BCUT2D eigenvalue weighted by Gasteiger charge is -2.19. The first-order valence-corrected chi connectivity index (χ1v) is 11.1. The minimum absolute atomic E-state index is 0.0955. The Labute approximate surface area is 197 Å². The molecule has 0 radical (unpaired) electrons. The number of hydrogen-bond donors (Lipinski definition) is 1. The summed E-state index contributed by atoms with van der Waals surface area (Å²) in [5, 5.41) is 2.94. The predicted octanol–water partition coefficient (Wildman–Crippen LogP) is 5.65. The average Bonchev–Trinajstić information content (AvgIpc) is 3.14. The van der Waals surface area contributed by atoms with Crippen molar-refractivity contribution in [1.82, 2.24) is 0 Å². The van der Waals surface area contributed by atoms with Gasteiger partial charge < -0.3 is 5.32 Å². The Morgan fingerprint density at radius 3 is 1.76 bits per heavy atom. The zero-order chi connectivity index (χ0) is 23.5. The van der Waals surface area contributed by atoms with Gasteiger partial charge in [-0.05, 0) is 41.5 Å². The molecule has 166 valence electrons. The highest BCUT2D eigenvalue weighted by Gasteiger charge is 2.36. The van der Waals surface area contributed by atoms with E-state index < -0.39 is 0 Å². The van der Waals surface area contributed by atoms with Crippen LogP contribution in [0.2, 0.25) is 0 Å². The Morgan fingerprint density at radius 1 is 0.676 bits per heavy atom. The van der Waals surface area contributed by atoms with Crippen LogP contribution in [0.1, 0.15) is 44.2 Å². The monoisotopic (exact) mass is 446 g/mol. The van der Waals surface area contributed by atoms with E-state index in [1.165, 1.54) is 0 Å². The number of imide groups is 1. The normalized spacial score (nSPS) is 12.7. The van der Waals surface area contributed by atoms with Gasteiger partial charge in [0.2, 0.25) is 5.91 Å². The van der Waals surface area contributed by atoms with E-state index in [1.807, 2.05) is 60.7 Å². The molecule has 34 heavy (non-hydrogen) atoms. The SMILES string of the molecule is O=C(CC(c1ccccc1)c1ccccc1)Nc1cccc(N2C(=O)c3ccccc3C2=O)c1. The number of fused-ring (bicyclic) bond motifs is 1. The molecule has 0 fully saturated rings. The molecule has 4 aromatic carbocycles. The zero-order valence-electron chi connectivity index (χ0n) is 18.3. The second-order valence-electron chi connectivity index (χ2n) is 8.17. The smallest absolute Gasteiger partial charge is 0.266 e. The molecule has 5 rings (SSSR count). The highest BCUT2D eigenvalue weighted by atomic mass is 16.2. The number of benzene rings is 4. The molecule has 0 saturated carbocycles. The molecule has 1 heterocycles. The van der Waals surface area contributed by atoms with Gasteiger partial charge in [-0.1, -0.05) is 78.9 Å². The number of carbonyl (C=O) groups excluding carboxylic acids is 3. The van der Waals surface area contributed by atoms with E-state index in [0.717, 1.165) is 16.0 Å². The van der Waals surface area contributed by atoms with Gasteiger partial charge in [0, 0.05) is 18.0 Å². The van der Waals surface area contributed by atoms with Crippen molar-refractivity contribution in [3.05, 3.63) is 131 Å². The van der Waals surface area contributed by atoms with Gasteiger partial charge in [0.1, 0.15) is 0 Å². The lowest BCUT2D eigenvalue weighted by atomic mass is 9.88. The van der Waals surface area contributed by atoms with Crippen molar-refractivity contribution in [3.63, 3.8) is 0 Å². The van der Waals surface area contributed by atoms with Gasteiger partial charge in [-0.25, -0.2) is 4.90 Å². The van der Waals surface area contributed by atoms with E-state index in [0.29, 0.717) is 22.5 Å². The predicted molar refractivity (Wildman–Crippen MR) is 132 cm³/mol. The van der Waals surface area contributed by atoms with Gasteiger partial charge in [-0.15, -0.1) is 0 Å². The van der Waals surface area contributed by atoms with Crippen LogP contribution in [0.3, 0.4) is 0 Å². The van der Waals surface area contributed by atoms with Gasteiger partial charge in [0.25, 0.3) is 11.8 Å². The van der Waals surface area contributed by atoms with Crippen molar-refractivity contribution in [2.24, 2.45) is 0 Å². The molecule has 3 amide bonds. The zero-order valence-corrected chi connectivity index (χ0v) is 18.3. The number of rotatable bonds is 6. The summed E-state index contributed by atoms with van der Waals surface area (Å²) >= 11 is 0. The molecule has 0 bridgehead atoms. The molecule has 0 aliphatic carbocycles. The highest BCUT2D eigenvalue weighted by Crippen LogP contribution is 2.31. The molecule has 0 saturated heterocycles. The van der Waals surface area contributed by atoms with Crippen LogP contribution in [0.4, 0.5) is 11.4 Å². The third-order valence-corrected chi connectivity index (χ3v) is 5.98. The summed E-state index contributed by atoms with van der Waals surface area (Å²) in [6.07, 6.45) is 0.255. The maximum Gasteiger partial charge on any atom is 0.266 e. The first-order valence-electron chi connectivity index (χ1n) is 11.1. The van der Waals surface area contributed by atoms with Crippen LogP contribution in [0.15, 0.2) is 109 Å². The lowest BCUT2D eigenvalue weighted by Crippen LogP contribution is -2.29. The average molecular weight is 447 g/mol. The van der Waals surface area contributed by atoms with Gasteiger partial charge in [0.15, 0.2) is 0 Å². The molecule has 5 nitrogen and oxygen atoms in total. The fraction of sp³-hybridized carbons (Fsp3) is 0.0690. The van der Waals surface area contributed by atoms with Crippen molar-refractivity contribution in [3.8, 4) is 0 Å². The standard InChI is InChI=1S/C29H22N2O3/c32-27(19-26(20-10-3-1-4-11-20)21-12-5-2-6-13-21)30-22-14-9-15-23(18-22)31-28(33)24-16-7-8-17-25(24)29(31)34/h1-18,26H,19H2,(H,30,32). The van der Waals surface area contributed by atoms with Crippen LogP contribution in [0.25, 0.3) is 0 Å². The van der Waals surface area contributed by atoms with Crippen LogP contribution >= 0.6 is 0 Å². The van der Waals surface area contributed by atoms with E-state index in [4.69, 9.17) is 0 Å². The molecule has 0 spiro atoms. The maximum absolute atomic E-state index is 13.1. The van der Waals surface area contributed by atoms with E-state index in [2.05, 4.69) is 5.32 Å². The fourth-order valence-corrected chi connectivity index (χ4v) is 4.34. The molecule has 4 aromatic rings. The molecule has 1 aliphatic rings. The summed E-state index contributed by atoms with van der Waals surface area (Å²) in [6, 6.07) is 33.4. The molecule has 0 atom stereocenters. The van der Waals surface area contributed by atoms with Crippen molar-refractivity contribution < 1.29 is 14.4 Å². The summed E-state index contributed by atoms with van der Waals surface area (Å²) in [7, 11) is 0. The van der Waals surface area contributed by atoms with Crippen molar-refractivity contribution >= 4 is 29.1 Å². The molecular formula is C29H22N2O3. The van der Waals surface area contributed by atoms with Crippen molar-refractivity contribution in [1.29, 1.82) is 0 Å². The van der Waals surface area contributed by atoms with E-state index in [-0.39, 0.29) is 30.1 Å². The third kappa shape index (κ3) is 4.11. The number of amides is 3. The summed E-state index contributed by atoms with van der Waals surface area (Å²) in [5.74, 6) is -0.978. The Kier molecular flexibility index (Phi) is 5.75. The number of nitrogens with zero attached hydrogens (tertiary/aromatic N) is 1. The first-order chi connectivity index (χ1) is 16.6. The Hall–Kier alpha value is -4.51. The lowest BCUT2D eigenvalue weighted by molar-refractivity contribution is -0.116. The summed E-state index contributed by atoms with van der Waals surface area (Å²) in [4.78, 5) is 39.8. The molecular weight excluding hydrogens is 424 g/mol. The Balaban J connectivity index is 1.36. The Morgan fingerprint density at radius 2 is 1.21 bits per heavy atom. The molecule has 0 aromatic heterocycles. The number of hydrogen-bond acceptors (Lipinski definition) is 3. The van der Waals surface area contributed by atoms with Gasteiger partial charge in [-0.2, -0.15) is 0 Å². The minimum atomic E-state index is -0.364. The van der Waals surface area contributed by atoms with Crippen molar-refractivity contribution in [2.45, 2.75) is 12.3 Å². The number of carbonyl (C=O) groups is 3. The van der Waals surface area contributed by atoms with Crippen LogP contribution < -0.4 is 10.2 Å². The van der Waals surface area contributed by atoms with Crippen LogP contribution in [-0.2, 0) is 4.79 Å². The van der Waals surface area contributed by atoms with Crippen molar-refractivity contribution in [2.75, 3.05) is 10.2 Å². The van der Waals surface area contributed by atoms with Crippen LogP contribution in [0.5, 0.6) is 0 Å². The summed E-state index contributed by atoms with van der Waals surface area (Å²) in [5.41, 5.74) is 3.84. The highest BCUT2D eigenvalue weighted by molar-refractivity contribution is 6.34. The topological polar surface area (TPSA) is 66.5 Å². The molecule has 5 heteroatoms. The van der Waals surface area contributed by atoms with Crippen LogP contribution in [-0.4, -0.2) is 17.7 Å². The molecule has 1 N–H and O–H groups in total. The third-order valence-electron chi connectivity index (χ3n) is 5.98. The summed E-state index contributed by atoms with van der Waals surface area (Å²) in [6.45, 7) is 0. The fourth-order valence-electron chi connectivity index (χ4n) is 4.34. The van der Waals surface area contributed by atoms with Gasteiger partial charge >= 0.3 is 0 Å². The second kappa shape index (κ2) is 9.16. The number of nitrogens with one attached hydrogen (secondary N) is 1. The summed E-state index contributed by atoms with van der Waals surface area (Å²) < 4.78 is 0. The second-order valence-corrected chi connectivity index (χ2v) is 8.17. The first kappa shape index (κ1) is 21.3. The van der Waals surface area contributed by atoms with E-state index in [1.54, 1.807) is 48.5 Å².